The van der Waals surface area contributed by atoms with Crippen LogP contribution >= 0.6 is 0 Å². The molecule has 2 heteroatoms. The maximum absolute atomic E-state index is 5.79. The molecule has 0 aliphatic heterocycles. The molecule has 0 bridgehead atoms. The van der Waals surface area contributed by atoms with Gasteiger partial charge in [-0.05, 0) is 30.4 Å². The molecule has 0 radical (unpaired) electrons. The highest BCUT2D eigenvalue weighted by Crippen LogP contribution is 2.26. The van der Waals surface area contributed by atoms with Gasteiger partial charge in [0.2, 0.25) is 0 Å². The van der Waals surface area contributed by atoms with Gasteiger partial charge in [-0.3, -0.25) is 0 Å². The van der Waals surface area contributed by atoms with Gasteiger partial charge in [0.05, 0.1) is 0 Å². The molecule has 17 heavy (non-hydrogen) atoms. The molecule has 0 unspecified atom stereocenters. The fourth-order valence-corrected chi connectivity index (χ4v) is 2.02. The summed E-state index contributed by atoms with van der Waals surface area (Å²) in [5.74, 6) is 1.57. The number of hydrogen-bond acceptors (Lipinski definition) is 2. The summed E-state index contributed by atoms with van der Waals surface area (Å²) in [5, 5.41) is 0. The Morgan fingerprint density at radius 1 is 1.41 bits per heavy atom. The number of rotatable bonds is 6. The smallest absolute Gasteiger partial charge is 0.127 e. The second-order valence-corrected chi connectivity index (χ2v) is 4.80. The van der Waals surface area contributed by atoms with Crippen molar-refractivity contribution in [2.24, 2.45) is 11.7 Å². The second-order valence-electron chi connectivity index (χ2n) is 4.80. The lowest BCUT2D eigenvalue weighted by molar-refractivity contribution is 0.356. The molecule has 1 aromatic rings. The van der Waals surface area contributed by atoms with E-state index >= 15 is 0 Å². The minimum atomic E-state index is 0.513. The first-order chi connectivity index (χ1) is 8.08. The van der Waals surface area contributed by atoms with Crippen LogP contribution in [0.1, 0.15) is 30.5 Å². The van der Waals surface area contributed by atoms with Crippen LogP contribution in [0.15, 0.2) is 24.8 Å². The van der Waals surface area contributed by atoms with E-state index in [9.17, 15) is 0 Å². The van der Waals surface area contributed by atoms with Crippen LogP contribution in [-0.2, 0) is 13.0 Å². The van der Waals surface area contributed by atoms with Crippen molar-refractivity contribution in [1.29, 1.82) is 0 Å². The van der Waals surface area contributed by atoms with Gasteiger partial charge in [0.1, 0.15) is 12.4 Å². The Morgan fingerprint density at radius 2 is 2.12 bits per heavy atom. The standard InChI is InChI=1S/C15H23NO/c1-5-6-17-15-12(4)8-13(7-11(2)3)9-14(15)10-16/h5,8-9,11H,1,6-7,10,16H2,2-4H3. The minimum absolute atomic E-state index is 0.513. The van der Waals surface area contributed by atoms with Crippen molar-refractivity contribution in [2.75, 3.05) is 6.61 Å². The van der Waals surface area contributed by atoms with Gasteiger partial charge in [0, 0.05) is 12.1 Å². The van der Waals surface area contributed by atoms with Gasteiger partial charge in [0.15, 0.2) is 0 Å². The quantitative estimate of drug-likeness (QED) is 0.766. The van der Waals surface area contributed by atoms with Gasteiger partial charge >= 0.3 is 0 Å². The molecule has 0 aliphatic carbocycles. The molecule has 0 aliphatic rings. The van der Waals surface area contributed by atoms with Crippen LogP contribution in [0.5, 0.6) is 5.75 Å². The summed E-state index contributed by atoms with van der Waals surface area (Å²) in [6.45, 7) is 11.2. The Bertz CT molecular complexity index is 383. The van der Waals surface area contributed by atoms with E-state index in [4.69, 9.17) is 10.5 Å². The molecular weight excluding hydrogens is 210 g/mol. The summed E-state index contributed by atoms with van der Waals surface area (Å²) in [4.78, 5) is 0. The third kappa shape index (κ3) is 3.90. The highest BCUT2D eigenvalue weighted by atomic mass is 16.5. The van der Waals surface area contributed by atoms with Crippen LogP contribution in [0.2, 0.25) is 0 Å². The van der Waals surface area contributed by atoms with Gasteiger partial charge in [-0.1, -0.05) is 38.6 Å². The van der Waals surface area contributed by atoms with Crippen molar-refractivity contribution in [3.05, 3.63) is 41.5 Å². The summed E-state index contributed by atoms with van der Waals surface area (Å²) in [7, 11) is 0. The maximum Gasteiger partial charge on any atom is 0.127 e. The lowest BCUT2D eigenvalue weighted by Gasteiger charge is -2.15. The topological polar surface area (TPSA) is 35.2 Å². The molecular formula is C15H23NO. The molecule has 0 spiro atoms. The lowest BCUT2D eigenvalue weighted by atomic mass is 9.98. The van der Waals surface area contributed by atoms with E-state index in [1.54, 1.807) is 6.08 Å². The fraction of sp³-hybridized carbons (Fsp3) is 0.467. The van der Waals surface area contributed by atoms with E-state index in [-0.39, 0.29) is 0 Å². The van der Waals surface area contributed by atoms with Crippen LogP contribution in [-0.4, -0.2) is 6.61 Å². The summed E-state index contributed by atoms with van der Waals surface area (Å²) < 4.78 is 5.67. The Morgan fingerprint density at radius 3 is 2.65 bits per heavy atom. The van der Waals surface area contributed by atoms with Crippen molar-refractivity contribution in [2.45, 2.75) is 33.7 Å². The van der Waals surface area contributed by atoms with Crippen LogP contribution in [0.4, 0.5) is 0 Å². The van der Waals surface area contributed by atoms with Gasteiger partial charge in [0.25, 0.3) is 0 Å². The monoisotopic (exact) mass is 233 g/mol. The lowest BCUT2D eigenvalue weighted by Crippen LogP contribution is -2.06. The van der Waals surface area contributed by atoms with Gasteiger partial charge < -0.3 is 10.5 Å². The Labute approximate surface area is 104 Å². The highest BCUT2D eigenvalue weighted by Gasteiger charge is 2.09. The third-order valence-corrected chi connectivity index (χ3v) is 2.62. The van der Waals surface area contributed by atoms with E-state index in [1.165, 1.54) is 5.56 Å². The van der Waals surface area contributed by atoms with E-state index in [0.29, 0.717) is 19.1 Å². The molecule has 0 heterocycles. The van der Waals surface area contributed by atoms with Crippen LogP contribution in [0.3, 0.4) is 0 Å². The molecule has 0 saturated heterocycles. The average Bonchev–Trinajstić information content (AvgIpc) is 2.26. The number of aryl methyl sites for hydroxylation is 1. The van der Waals surface area contributed by atoms with Crippen LogP contribution in [0.25, 0.3) is 0 Å². The largest absolute Gasteiger partial charge is 0.489 e. The maximum atomic E-state index is 5.79. The summed E-state index contributed by atoms with van der Waals surface area (Å²) in [6.07, 6.45) is 2.83. The van der Waals surface area contributed by atoms with Crippen molar-refractivity contribution in [3.8, 4) is 5.75 Å². The highest BCUT2D eigenvalue weighted by molar-refractivity contribution is 5.44. The zero-order chi connectivity index (χ0) is 12.8. The zero-order valence-corrected chi connectivity index (χ0v) is 11.1. The van der Waals surface area contributed by atoms with Crippen molar-refractivity contribution in [3.63, 3.8) is 0 Å². The SMILES string of the molecule is C=CCOc1c(C)cc(CC(C)C)cc1CN. The molecule has 0 aromatic heterocycles. The van der Waals surface area contributed by atoms with Gasteiger partial charge in [-0.2, -0.15) is 0 Å². The third-order valence-electron chi connectivity index (χ3n) is 2.62. The number of benzene rings is 1. The fourth-order valence-electron chi connectivity index (χ4n) is 2.02. The molecule has 94 valence electrons. The summed E-state index contributed by atoms with van der Waals surface area (Å²) >= 11 is 0. The van der Waals surface area contributed by atoms with E-state index in [2.05, 4.69) is 39.5 Å². The van der Waals surface area contributed by atoms with Crippen LogP contribution < -0.4 is 10.5 Å². The Hall–Kier alpha value is -1.28. The Kier molecular flexibility index (Phi) is 5.23. The van der Waals surface area contributed by atoms with Crippen molar-refractivity contribution in [1.82, 2.24) is 0 Å². The molecule has 0 amide bonds. The predicted octanol–water partition coefficient (Wildman–Crippen LogP) is 3.22. The molecule has 2 nitrogen and oxygen atoms in total. The molecule has 0 saturated carbocycles. The first-order valence-electron chi connectivity index (χ1n) is 6.14. The summed E-state index contributed by atoms with van der Waals surface area (Å²) in [6, 6.07) is 4.35. The number of ether oxygens (including phenoxy) is 1. The Balaban J connectivity index is 3.02. The first-order valence-corrected chi connectivity index (χ1v) is 6.14. The molecule has 1 rings (SSSR count). The molecule has 2 N–H and O–H groups in total. The average molecular weight is 233 g/mol. The van der Waals surface area contributed by atoms with Crippen molar-refractivity contribution < 1.29 is 4.74 Å². The van der Waals surface area contributed by atoms with E-state index < -0.39 is 0 Å². The second kappa shape index (κ2) is 6.45. The first kappa shape index (κ1) is 13.8. The molecule has 0 fully saturated rings. The van der Waals surface area contributed by atoms with E-state index in [1.807, 2.05) is 0 Å². The molecule has 0 atom stereocenters. The summed E-state index contributed by atoms with van der Waals surface area (Å²) in [5.41, 5.74) is 9.37. The minimum Gasteiger partial charge on any atom is -0.489 e. The van der Waals surface area contributed by atoms with Crippen LogP contribution in [0, 0.1) is 12.8 Å². The molecule has 1 aromatic carbocycles. The number of nitrogens with two attached hydrogens (primary N) is 1. The normalized spacial score (nSPS) is 10.6. The van der Waals surface area contributed by atoms with E-state index in [0.717, 1.165) is 23.3 Å². The predicted molar refractivity (Wildman–Crippen MR) is 73.3 cm³/mol. The number of hydrogen-bond donors (Lipinski definition) is 1. The van der Waals surface area contributed by atoms with Crippen molar-refractivity contribution >= 4 is 0 Å². The van der Waals surface area contributed by atoms with Gasteiger partial charge in [-0.25, -0.2) is 0 Å². The van der Waals surface area contributed by atoms with Gasteiger partial charge in [-0.15, -0.1) is 0 Å². The zero-order valence-electron chi connectivity index (χ0n) is 11.1.